The standard InChI is InChI=1S/C21H20FN3O4/c1-23-15-6-2-4-12(19(15)22)11-29-17-7-3-5-13-14(17)10-25(21(13)28)16-8-9-18(26)24-20(16)27/h2-7,16,23H,8-11H2,1H3,(H,24,26,27)/t16-/m0/s1/i16D. The predicted octanol–water partition coefficient (Wildman–Crippen LogP) is 2.21. The van der Waals surface area contributed by atoms with E-state index in [1.54, 1.807) is 43.4 Å². The normalized spacial score (nSPS) is 21.5. The number of benzene rings is 2. The highest BCUT2D eigenvalue weighted by molar-refractivity contribution is 6.05. The number of anilines is 1. The fourth-order valence-electron chi connectivity index (χ4n) is 3.56. The van der Waals surface area contributed by atoms with Gasteiger partial charge in [0.2, 0.25) is 11.8 Å². The van der Waals surface area contributed by atoms with Crippen LogP contribution in [0.2, 0.25) is 0 Å². The summed E-state index contributed by atoms with van der Waals surface area (Å²) in [5, 5.41) is 4.90. The van der Waals surface area contributed by atoms with Crippen molar-refractivity contribution in [1.82, 2.24) is 10.2 Å². The van der Waals surface area contributed by atoms with Crippen LogP contribution < -0.4 is 15.4 Å². The molecule has 7 nitrogen and oxygen atoms in total. The molecule has 2 N–H and O–H groups in total. The Morgan fingerprint density at radius 3 is 2.83 bits per heavy atom. The summed E-state index contributed by atoms with van der Waals surface area (Å²) >= 11 is 0. The number of ether oxygens (including phenoxy) is 1. The number of imide groups is 1. The molecule has 1 atom stereocenters. The lowest BCUT2D eigenvalue weighted by Gasteiger charge is -2.29. The fourth-order valence-corrected chi connectivity index (χ4v) is 3.56. The lowest BCUT2D eigenvalue weighted by atomic mass is 10.0. The van der Waals surface area contributed by atoms with Crippen LogP contribution in [0.1, 0.15) is 35.7 Å². The van der Waals surface area contributed by atoms with Crippen LogP contribution in [-0.2, 0) is 22.7 Å². The summed E-state index contributed by atoms with van der Waals surface area (Å²) in [6.07, 6.45) is -0.0879. The summed E-state index contributed by atoms with van der Waals surface area (Å²) < 4.78 is 28.8. The van der Waals surface area contributed by atoms with Crippen LogP contribution in [0.25, 0.3) is 0 Å². The van der Waals surface area contributed by atoms with Crippen LogP contribution in [0.5, 0.6) is 5.75 Å². The molecule has 2 aliphatic rings. The number of piperidine rings is 1. The molecule has 150 valence electrons. The van der Waals surface area contributed by atoms with Crippen LogP contribution in [-0.4, -0.2) is 35.7 Å². The van der Waals surface area contributed by atoms with Gasteiger partial charge in [-0.1, -0.05) is 18.2 Å². The van der Waals surface area contributed by atoms with E-state index in [1.807, 2.05) is 0 Å². The largest absolute Gasteiger partial charge is 0.488 e. The number of nitrogens with one attached hydrogen (secondary N) is 2. The van der Waals surface area contributed by atoms with Gasteiger partial charge in [-0.2, -0.15) is 0 Å². The second-order valence-electron chi connectivity index (χ2n) is 6.81. The van der Waals surface area contributed by atoms with Gasteiger partial charge in [0.05, 0.1) is 13.6 Å². The highest BCUT2D eigenvalue weighted by atomic mass is 19.1. The summed E-state index contributed by atoms with van der Waals surface area (Å²) in [5.41, 5.74) is 1.56. The van der Waals surface area contributed by atoms with Gasteiger partial charge in [-0.25, -0.2) is 4.39 Å². The summed E-state index contributed by atoms with van der Waals surface area (Å²) in [7, 11) is 1.62. The van der Waals surface area contributed by atoms with Crippen molar-refractivity contribution in [3.8, 4) is 5.75 Å². The molecule has 0 aromatic heterocycles. The molecule has 0 radical (unpaired) electrons. The van der Waals surface area contributed by atoms with E-state index in [0.29, 0.717) is 28.1 Å². The second-order valence-corrected chi connectivity index (χ2v) is 6.81. The van der Waals surface area contributed by atoms with E-state index in [-0.39, 0.29) is 26.0 Å². The molecule has 1 fully saturated rings. The maximum absolute atomic E-state index is 14.4. The Morgan fingerprint density at radius 2 is 2.07 bits per heavy atom. The van der Waals surface area contributed by atoms with Gasteiger partial charge in [0.25, 0.3) is 5.91 Å². The van der Waals surface area contributed by atoms with Crippen molar-refractivity contribution in [2.75, 3.05) is 12.4 Å². The number of nitrogens with zero attached hydrogens (tertiary/aromatic N) is 1. The molecule has 0 unspecified atom stereocenters. The summed E-state index contributed by atoms with van der Waals surface area (Å²) in [5.74, 6) is -1.78. The number of rotatable bonds is 5. The molecular weight excluding hydrogens is 377 g/mol. The van der Waals surface area contributed by atoms with Crippen molar-refractivity contribution in [3.63, 3.8) is 0 Å². The first-order valence-electron chi connectivity index (χ1n) is 9.71. The SMILES string of the molecule is [2H][C@]1(N2Cc3c(OCc4cccc(NC)c4F)cccc3C2=O)CCC(=O)NC1=O. The van der Waals surface area contributed by atoms with E-state index < -0.39 is 29.6 Å². The Hall–Kier alpha value is -3.42. The zero-order valence-electron chi connectivity index (χ0n) is 16.8. The predicted molar refractivity (Wildman–Crippen MR) is 103 cm³/mol. The molecule has 3 amide bonds. The number of hydrogen-bond donors (Lipinski definition) is 2. The van der Waals surface area contributed by atoms with E-state index in [9.17, 15) is 18.8 Å². The monoisotopic (exact) mass is 398 g/mol. The minimum Gasteiger partial charge on any atom is -0.488 e. The zero-order chi connectivity index (χ0) is 21.5. The third-order valence-electron chi connectivity index (χ3n) is 5.09. The molecule has 0 bridgehead atoms. The maximum atomic E-state index is 14.4. The van der Waals surface area contributed by atoms with Crippen LogP contribution >= 0.6 is 0 Å². The number of amides is 3. The number of carbonyl (C=O) groups is 3. The first-order chi connectivity index (χ1) is 14.3. The van der Waals surface area contributed by atoms with E-state index >= 15 is 0 Å². The Kier molecular flexibility index (Phi) is 4.59. The third-order valence-corrected chi connectivity index (χ3v) is 5.09. The molecule has 2 heterocycles. The lowest BCUT2D eigenvalue weighted by Crippen LogP contribution is -2.52. The first-order valence-corrected chi connectivity index (χ1v) is 9.21. The van der Waals surface area contributed by atoms with Gasteiger partial charge in [-0.15, -0.1) is 0 Å². The molecule has 2 aromatic rings. The van der Waals surface area contributed by atoms with E-state index in [4.69, 9.17) is 6.11 Å². The Bertz CT molecular complexity index is 1060. The Morgan fingerprint density at radius 1 is 1.28 bits per heavy atom. The van der Waals surface area contributed by atoms with E-state index in [1.165, 1.54) is 0 Å². The molecular formula is C21H20FN3O4. The van der Waals surface area contributed by atoms with E-state index in [2.05, 4.69) is 10.6 Å². The van der Waals surface area contributed by atoms with Crippen molar-refractivity contribution in [2.45, 2.75) is 32.0 Å². The van der Waals surface area contributed by atoms with Gasteiger partial charge in [0.15, 0.2) is 5.82 Å². The molecule has 4 rings (SSSR count). The number of halogens is 1. The summed E-state index contributed by atoms with van der Waals surface area (Å²) in [4.78, 5) is 37.8. The number of hydrogen-bond acceptors (Lipinski definition) is 5. The van der Waals surface area contributed by atoms with Crippen LogP contribution in [0.15, 0.2) is 36.4 Å². The summed E-state index contributed by atoms with van der Waals surface area (Å²) in [6, 6.07) is 7.97. The highest BCUT2D eigenvalue weighted by Crippen LogP contribution is 2.34. The van der Waals surface area contributed by atoms with Crippen molar-refractivity contribution in [2.24, 2.45) is 0 Å². The molecule has 8 heteroatoms. The molecule has 0 saturated carbocycles. The van der Waals surface area contributed by atoms with Gasteiger partial charge in [0.1, 0.15) is 18.4 Å². The molecule has 1 saturated heterocycles. The molecule has 2 aromatic carbocycles. The van der Waals surface area contributed by atoms with Crippen LogP contribution in [0, 0.1) is 5.82 Å². The third kappa shape index (κ3) is 3.41. The topological polar surface area (TPSA) is 87.7 Å². The molecule has 2 aliphatic heterocycles. The van der Waals surface area contributed by atoms with Crippen molar-refractivity contribution in [1.29, 1.82) is 0 Å². The van der Waals surface area contributed by atoms with E-state index in [0.717, 1.165) is 4.90 Å². The van der Waals surface area contributed by atoms with Gasteiger partial charge in [0, 0.05) is 30.2 Å². The molecule has 29 heavy (non-hydrogen) atoms. The Balaban J connectivity index is 1.58. The fraction of sp³-hybridized carbons (Fsp3) is 0.286. The quantitative estimate of drug-likeness (QED) is 0.754. The second kappa shape index (κ2) is 7.54. The summed E-state index contributed by atoms with van der Waals surface area (Å²) in [6.45, 7) is -0.0541. The molecule has 0 spiro atoms. The minimum atomic E-state index is -1.87. The van der Waals surface area contributed by atoms with Crippen molar-refractivity contribution in [3.05, 3.63) is 58.9 Å². The lowest BCUT2D eigenvalue weighted by molar-refractivity contribution is -0.136. The minimum absolute atomic E-state index is 0.00547. The average molecular weight is 398 g/mol. The van der Waals surface area contributed by atoms with Gasteiger partial charge >= 0.3 is 0 Å². The number of fused-ring (bicyclic) bond motifs is 1. The van der Waals surface area contributed by atoms with Gasteiger partial charge < -0.3 is 15.0 Å². The Labute approximate surface area is 168 Å². The van der Waals surface area contributed by atoms with Gasteiger partial charge in [-0.05, 0) is 24.6 Å². The zero-order valence-corrected chi connectivity index (χ0v) is 15.8. The van der Waals surface area contributed by atoms with Crippen LogP contribution in [0.4, 0.5) is 10.1 Å². The number of carbonyl (C=O) groups excluding carboxylic acids is 3. The molecule has 0 aliphatic carbocycles. The van der Waals surface area contributed by atoms with Crippen molar-refractivity contribution >= 4 is 23.4 Å². The van der Waals surface area contributed by atoms with Gasteiger partial charge in [-0.3, -0.25) is 19.7 Å². The first kappa shape index (κ1) is 17.7. The average Bonchev–Trinajstić information content (AvgIpc) is 3.08. The maximum Gasteiger partial charge on any atom is 0.255 e. The van der Waals surface area contributed by atoms with Crippen LogP contribution in [0.3, 0.4) is 0 Å². The van der Waals surface area contributed by atoms with Crippen molar-refractivity contribution < 1.29 is 24.9 Å². The smallest absolute Gasteiger partial charge is 0.255 e. The highest BCUT2D eigenvalue weighted by Gasteiger charge is 2.40.